The van der Waals surface area contributed by atoms with Crippen LogP contribution in [0.1, 0.15) is 47.8 Å². The summed E-state index contributed by atoms with van der Waals surface area (Å²) >= 11 is 5.94. The van der Waals surface area contributed by atoms with E-state index in [0.29, 0.717) is 22.1 Å². The number of pyridine rings is 2. The molecule has 1 amide bonds. The Morgan fingerprint density at radius 1 is 1.21 bits per heavy atom. The Morgan fingerprint density at radius 2 is 1.97 bits per heavy atom. The molecule has 0 spiro atoms. The largest absolute Gasteiger partial charge is 0.422 e. The molecule has 0 unspecified atom stereocenters. The zero-order valence-corrected chi connectivity index (χ0v) is 17.2. The number of sulfone groups is 1. The van der Waals surface area contributed by atoms with Gasteiger partial charge in [0.25, 0.3) is 5.91 Å². The van der Waals surface area contributed by atoms with E-state index >= 15 is 0 Å². The summed E-state index contributed by atoms with van der Waals surface area (Å²) in [4.78, 5) is 25.0. The molecule has 1 aliphatic rings. The highest BCUT2D eigenvalue weighted by molar-refractivity contribution is 7.90. The molecule has 1 N–H and O–H groups in total. The maximum Gasteiger partial charge on any atom is 0.251 e. The Bertz CT molecular complexity index is 1170. The van der Waals surface area contributed by atoms with Gasteiger partial charge in [0.1, 0.15) is 5.52 Å². The van der Waals surface area contributed by atoms with E-state index in [2.05, 4.69) is 20.3 Å². The lowest BCUT2D eigenvalue weighted by Gasteiger charge is -2.27. The van der Waals surface area contributed by atoms with Gasteiger partial charge in [0.15, 0.2) is 14.9 Å². The van der Waals surface area contributed by atoms with Gasteiger partial charge < -0.3 is 9.73 Å². The van der Waals surface area contributed by atoms with Crippen LogP contribution in [0, 0.1) is 0 Å². The molecule has 3 heterocycles. The van der Waals surface area contributed by atoms with E-state index in [1.54, 1.807) is 6.07 Å². The van der Waals surface area contributed by atoms with Crippen molar-refractivity contribution in [1.29, 1.82) is 0 Å². The van der Waals surface area contributed by atoms with Gasteiger partial charge in [-0.05, 0) is 43.9 Å². The number of fused-ring (bicyclic) bond motifs is 1. The van der Waals surface area contributed by atoms with E-state index in [4.69, 9.17) is 16.0 Å². The molecule has 0 aliphatic heterocycles. The van der Waals surface area contributed by atoms with E-state index in [9.17, 15) is 13.2 Å². The fraction of sp³-hybridized carbons (Fsp3) is 0.368. The second-order valence-corrected chi connectivity index (χ2v) is 9.61. The van der Waals surface area contributed by atoms with Gasteiger partial charge >= 0.3 is 0 Å². The number of hydrogen-bond donors (Lipinski definition) is 1. The molecule has 3 aromatic rings. The lowest BCUT2D eigenvalue weighted by atomic mass is 9.86. The van der Waals surface area contributed by atoms with Crippen LogP contribution in [0.4, 0.5) is 0 Å². The Morgan fingerprint density at radius 3 is 2.69 bits per heavy atom. The van der Waals surface area contributed by atoms with Gasteiger partial charge in [-0.1, -0.05) is 11.6 Å². The summed E-state index contributed by atoms with van der Waals surface area (Å²) in [6.07, 6.45) is 7.09. The van der Waals surface area contributed by atoms with Gasteiger partial charge in [0.05, 0.1) is 5.02 Å². The number of hydrogen-bond acceptors (Lipinski definition) is 7. The number of nitrogens with one attached hydrogen (secondary N) is 1. The van der Waals surface area contributed by atoms with E-state index in [0.717, 1.165) is 31.9 Å². The van der Waals surface area contributed by atoms with Gasteiger partial charge in [-0.25, -0.2) is 23.4 Å². The Hall–Kier alpha value is -2.52. The topological polar surface area (TPSA) is 115 Å². The first-order valence-corrected chi connectivity index (χ1v) is 11.5. The van der Waals surface area contributed by atoms with Crippen molar-refractivity contribution in [2.75, 3.05) is 6.26 Å². The van der Waals surface area contributed by atoms with Crippen molar-refractivity contribution >= 4 is 38.6 Å². The van der Waals surface area contributed by atoms with Crippen LogP contribution in [0.5, 0.6) is 0 Å². The molecule has 3 aromatic heterocycles. The number of nitrogens with zero attached hydrogens (tertiary/aromatic N) is 3. The normalized spacial score (nSPS) is 19.9. The predicted octanol–water partition coefficient (Wildman–Crippen LogP) is 3.13. The van der Waals surface area contributed by atoms with Crippen molar-refractivity contribution in [3.8, 4) is 0 Å². The van der Waals surface area contributed by atoms with Crippen LogP contribution in [0.25, 0.3) is 11.2 Å². The highest BCUT2D eigenvalue weighted by Gasteiger charge is 2.27. The van der Waals surface area contributed by atoms with E-state index in [1.165, 1.54) is 24.5 Å². The van der Waals surface area contributed by atoms with E-state index in [1.807, 2.05) is 0 Å². The number of carbonyl (C=O) groups is 1. The molecular formula is C19H19ClN4O4S. The molecule has 10 heteroatoms. The molecule has 0 radical (unpaired) electrons. The lowest BCUT2D eigenvalue weighted by molar-refractivity contribution is 0.0924. The summed E-state index contributed by atoms with van der Waals surface area (Å²) in [5.41, 5.74) is 1.39. The molecule has 29 heavy (non-hydrogen) atoms. The van der Waals surface area contributed by atoms with Crippen molar-refractivity contribution < 1.29 is 17.6 Å². The summed E-state index contributed by atoms with van der Waals surface area (Å²) in [6.45, 7) is 0. The average Bonchev–Trinajstić information content (AvgIpc) is 3.11. The van der Waals surface area contributed by atoms with Crippen molar-refractivity contribution in [2.45, 2.75) is 42.7 Å². The Balaban J connectivity index is 1.39. The zero-order chi connectivity index (χ0) is 20.6. The minimum atomic E-state index is -3.47. The minimum absolute atomic E-state index is 0.00514. The van der Waals surface area contributed by atoms with Crippen molar-refractivity contribution in [3.05, 3.63) is 47.1 Å². The first-order chi connectivity index (χ1) is 13.8. The maximum absolute atomic E-state index is 12.5. The maximum atomic E-state index is 12.5. The zero-order valence-electron chi connectivity index (χ0n) is 15.6. The highest BCUT2D eigenvalue weighted by Crippen LogP contribution is 2.34. The van der Waals surface area contributed by atoms with E-state index < -0.39 is 9.84 Å². The summed E-state index contributed by atoms with van der Waals surface area (Å²) in [7, 11) is -3.47. The number of carbonyl (C=O) groups excluding carboxylic acids is 1. The molecule has 0 atom stereocenters. The second kappa shape index (κ2) is 7.72. The standard InChI is InChI=1S/C19H19ClN4O4S/c1-29(26,27)16-8-12(6-7-21-16)17(25)23-14-4-2-11(3-5-14)18-24-15-9-13(20)10-22-19(15)28-18/h6-11,14H,2-5H2,1H3,(H,23,25). The van der Waals surface area contributed by atoms with Gasteiger partial charge in [-0.3, -0.25) is 4.79 Å². The Labute approximate surface area is 172 Å². The summed E-state index contributed by atoms with van der Waals surface area (Å²) in [5, 5.41) is 3.38. The third-order valence-electron chi connectivity index (χ3n) is 5.02. The number of halogens is 1. The molecule has 1 aliphatic carbocycles. The number of amides is 1. The van der Waals surface area contributed by atoms with Crippen molar-refractivity contribution in [1.82, 2.24) is 20.3 Å². The molecule has 0 aromatic carbocycles. The van der Waals surface area contributed by atoms with Crippen LogP contribution in [-0.2, 0) is 9.84 Å². The fourth-order valence-electron chi connectivity index (χ4n) is 3.50. The number of oxazole rings is 1. The smallest absolute Gasteiger partial charge is 0.251 e. The fourth-order valence-corrected chi connectivity index (χ4v) is 4.24. The van der Waals surface area contributed by atoms with Crippen LogP contribution in [-0.4, -0.2) is 41.6 Å². The van der Waals surface area contributed by atoms with Crippen LogP contribution in [0.3, 0.4) is 0 Å². The van der Waals surface area contributed by atoms with Gasteiger partial charge in [-0.2, -0.15) is 0 Å². The highest BCUT2D eigenvalue weighted by atomic mass is 35.5. The van der Waals surface area contributed by atoms with Gasteiger partial charge in [0, 0.05) is 36.2 Å². The van der Waals surface area contributed by atoms with Crippen LogP contribution in [0.2, 0.25) is 5.02 Å². The summed E-state index contributed by atoms with van der Waals surface area (Å²) in [5.74, 6) is 0.502. The first kappa shape index (κ1) is 19.8. The van der Waals surface area contributed by atoms with Crippen LogP contribution < -0.4 is 5.32 Å². The van der Waals surface area contributed by atoms with Crippen molar-refractivity contribution in [2.24, 2.45) is 0 Å². The number of rotatable bonds is 4. The molecule has 4 rings (SSSR count). The quantitative estimate of drug-likeness (QED) is 0.670. The number of aromatic nitrogens is 3. The van der Waals surface area contributed by atoms with Gasteiger partial charge in [0.2, 0.25) is 11.6 Å². The summed E-state index contributed by atoms with van der Waals surface area (Å²) in [6, 6.07) is 4.53. The molecular weight excluding hydrogens is 416 g/mol. The van der Waals surface area contributed by atoms with Crippen molar-refractivity contribution in [3.63, 3.8) is 0 Å². The molecule has 1 saturated carbocycles. The van der Waals surface area contributed by atoms with E-state index in [-0.39, 0.29) is 28.5 Å². The predicted molar refractivity (Wildman–Crippen MR) is 107 cm³/mol. The lowest BCUT2D eigenvalue weighted by Crippen LogP contribution is -2.37. The molecule has 0 saturated heterocycles. The van der Waals surface area contributed by atoms with Crippen LogP contribution >= 0.6 is 11.6 Å². The molecule has 0 bridgehead atoms. The second-order valence-electron chi connectivity index (χ2n) is 7.21. The van der Waals surface area contributed by atoms with Gasteiger partial charge in [-0.15, -0.1) is 0 Å². The van der Waals surface area contributed by atoms with Crippen LogP contribution in [0.15, 0.2) is 40.0 Å². The third kappa shape index (κ3) is 4.40. The summed E-state index contributed by atoms with van der Waals surface area (Å²) < 4.78 is 29.0. The molecule has 152 valence electrons. The average molecular weight is 435 g/mol. The molecule has 1 fully saturated rings. The molecule has 8 nitrogen and oxygen atoms in total. The SMILES string of the molecule is CS(=O)(=O)c1cc(C(=O)NC2CCC(c3nc4cc(Cl)cnc4o3)CC2)ccn1. The monoisotopic (exact) mass is 434 g/mol. The first-order valence-electron chi connectivity index (χ1n) is 9.18. The third-order valence-corrected chi connectivity index (χ3v) is 6.21. The minimum Gasteiger partial charge on any atom is -0.422 e. The Kier molecular flexibility index (Phi) is 5.26.